The molecule has 0 aromatic rings. The SMILES string of the molecule is C.CC(C)=C(C)C.C[C+](C)C(C)(C)C. The third-order valence-electron chi connectivity index (χ3n) is 2.50. The van der Waals surface area contributed by atoms with Crippen LogP contribution in [0.1, 0.15) is 69.7 Å². The minimum atomic E-state index is 0. The van der Waals surface area contributed by atoms with Crippen molar-refractivity contribution in [3.8, 4) is 0 Å². The Bertz CT molecular complexity index is 135. The fourth-order valence-corrected chi connectivity index (χ4v) is 0. The molecule has 0 aromatic carbocycles. The van der Waals surface area contributed by atoms with Gasteiger partial charge < -0.3 is 0 Å². The van der Waals surface area contributed by atoms with Crippen LogP contribution in [-0.2, 0) is 0 Å². The molecule has 0 aromatic heterocycles. The zero-order chi connectivity index (χ0) is 11.2. The highest BCUT2D eigenvalue weighted by Crippen LogP contribution is 2.25. The lowest BCUT2D eigenvalue weighted by Crippen LogP contribution is -2.10. The van der Waals surface area contributed by atoms with E-state index < -0.39 is 0 Å². The summed E-state index contributed by atoms with van der Waals surface area (Å²) < 4.78 is 0. The van der Waals surface area contributed by atoms with Gasteiger partial charge in [0.1, 0.15) is 5.41 Å². The highest BCUT2D eigenvalue weighted by atomic mass is 14.2. The van der Waals surface area contributed by atoms with E-state index in [1.807, 2.05) is 0 Å². The first-order valence-corrected chi connectivity index (χ1v) is 5.00. The van der Waals surface area contributed by atoms with Gasteiger partial charge in [0.2, 0.25) is 0 Å². The largest absolute Gasteiger partial charge is 0.101 e. The zero-order valence-corrected chi connectivity index (χ0v) is 11.0. The second-order valence-electron chi connectivity index (χ2n) is 5.25. The van der Waals surface area contributed by atoms with E-state index in [9.17, 15) is 0 Å². The summed E-state index contributed by atoms with van der Waals surface area (Å²) in [6.07, 6.45) is 0. The molecule has 86 valence electrons. The number of hydrogen-bond donors (Lipinski definition) is 0. The molecule has 14 heavy (non-hydrogen) atoms. The third-order valence-corrected chi connectivity index (χ3v) is 2.50. The molecule has 0 saturated carbocycles. The lowest BCUT2D eigenvalue weighted by atomic mass is 9.84. The molecule has 0 heteroatoms. The molecule has 0 amide bonds. The normalized spacial score (nSPS) is 9.21. The van der Waals surface area contributed by atoms with E-state index in [1.165, 1.54) is 17.1 Å². The van der Waals surface area contributed by atoms with Crippen LogP contribution in [0.5, 0.6) is 0 Å². The minimum Gasteiger partial charge on any atom is -0.0778 e. The van der Waals surface area contributed by atoms with Gasteiger partial charge in [0.15, 0.2) is 0 Å². The van der Waals surface area contributed by atoms with Gasteiger partial charge in [-0.3, -0.25) is 0 Å². The van der Waals surface area contributed by atoms with Crippen LogP contribution in [-0.4, -0.2) is 0 Å². The standard InChI is InChI=1S/C7H15.C6H12.CH4/c1-6(2)7(3,4)5;1-5(2)6(3)4;/h1-5H3;1-4H3;1H4/q+1;;. The van der Waals surface area contributed by atoms with Crippen molar-refractivity contribution in [2.75, 3.05) is 0 Å². The second-order valence-corrected chi connectivity index (χ2v) is 5.25. The van der Waals surface area contributed by atoms with Crippen molar-refractivity contribution in [1.29, 1.82) is 0 Å². The topological polar surface area (TPSA) is 0 Å². The van der Waals surface area contributed by atoms with Crippen molar-refractivity contribution in [3.05, 3.63) is 17.1 Å². The van der Waals surface area contributed by atoms with E-state index >= 15 is 0 Å². The number of hydrogen-bond acceptors (Lipinski definition) is 0. The van der Waals surface area contributed by atoms with Gasteiger partial charge in [0, 0.05) is 0 Å². The van der Waals surface area contributed by atoms with E-state index in [0.29, 0.717) is 5.41 Å². The average molecular weight is 199 g/mol. The lowest BCUT2D eigenvalue weighted by Gasteiger charge is -2.11. The molecule has 0 radical (unpaired) electrons. The van der Waals surface area contributed by atoms with Gasteiger partial charge in [0.05, 0.1) is 19.8 Å². The van der Waals surface area contributed by atoms with Crippen LogP contribution in [0.15, 0.2) is 11.1 Å². The van der Waals surface area contributed by atoms with Gasteiger partial charge in [-0.25, -0.2) is 0 Å². The Labute approximate surface area is 92.8 Å². The molecule has 0 spiro atoms. The zero-order valence-electron chi connectivity index (χ0n) is 11.0. The smallest absolute Gasteiger partial charge is 0.0778 e. The van der Waals surface area contributed by atoms with E-state index in [0.717, 1.165) is 0 Å². The van der Waals surface area contributed by atoms with Crippen molar-refractivity contribution in [2.24, 2.45) is 5.41 Å². The van der Waals surface area contributed by atoms with Gasteiger partial charge in [-0.05, 0) is 48.5 Å². The summed E-state index contributed by atoms with van der Waals surface area (Å²) in [5.74, 6) is 1.49. The van der Waals surface area contributed by atoms with Gasteiger partial charge in [0.25, 0.3) is 0 Å². The Morgan fingerprint density at radius 3 is 0.929 bits per heavy atom. The van der Waals surface area contributed by atoms with Crippen LogP contribution >= 0.6 is 0 Å². The Balaban J connectivity index is -0.000000163. The summed E-state index contributed by atoms with van der Waals surface area (Å²) >= 11 is 0. The fourth-order valence-electron chi connectivity index (χ4n) is 0. The molecular weight excluding hydrogens is 168 g/mol. The van der Waals surface area contributed by atoms with Crippen molar-refractivity contribution in [2.45, 2.75) is 69.7 Å². The summed E-state index contributed by atoms with van der Waals surface area (Å²) in [7, 11) is 0. The fraction of sp³-hybridized carbons (Fsp3) is 0.786. The Hall–Kier alpha value is -0.390. The summed E-state index contributed by atoms with van der Waals surface area (Å²) in [4.78, 5) is 0. The molecule has 0 bridgehead atoms. The molecule has 0 heterocycles. The van der Waals surface area contributed by atoms with Gasteiger partial charge in [-0.15, -0.1) is 0 Å². The first-order chi connectivity index (χ1) is 5.59. The first-order valence-electron chi connectivity index (χ1n) is 5.00. The Morgan fingerprint density at radius 1 is 0.786 bits per heavy atom. The van der Waals surface area contributed by atoms with Crippen LogP contribution in [0.2, 0.25) is 0 Å². The summed E-state index contributed by atoms with van der Waals surface area (Å²) in [5.41, 5.74) is 3.27. The first kappa shape index (κ1) is 19.2. The molecular formula is C14H31+. The van der Waals surface area contributed by atoms with Crippen LogP contribution in [0.25, 0.3) is 0 Å². The van der Waals surface area contributed by atoms with Crippen LogP contribution < -0.4 is 0 Å². The maximum Gasteiger partial charge on any atom is 0.101 e. The van der Waals surface area contributed by atoms with Gasteiger partial charge in [-0.1, -0.05) is 18.6 Å². The molecule has 0 saturated heterocycles. The van der Waals surface area contributed by atoms with Gasteiger partial charge in [-0.2, -0.15) is 0 Å². The minimum absolute atomic E-state index is 0. The molecule has 0 nitrogen and oxygen atoms in total. The summed E-state index contributed by atoms with van der Waals surface area (Å²) in [5, 5.41) is 0. The van der Waals surface area contributed by atoms with E-state index in [2.05, 4.69) is 62.3 Å². The molecule has 0 N–H and O–H groups in total. The van der Waals surface area contributed by atoms with Crippen molar-refractivity contribution in [3.63, 3.8) is 0 Å². The molecule has 0 aliphatic carbocycles. The van der Waals surface area contributed by atoms with E-state index in [1.54, 1.807) is 0 Å². The van der Waals surface area contributed by atoms with Gasteiger partial charge >= 0.3 is 0 Å². The predicted molar refractivity (Wildman–Crippen MR) is 70.5 cm³/mol. The molecule has 0 unspecified atom stereocenters. The van der Waals surface area contributed by atoms with E-state index in [4.69, 9.17) is 0 Å². The van der Waals surface area contributed by atoms with Crippen molar-refractivity contribution in [1.82, 2.24) is 0 Å². The maximum atomic E-state index is 2.22. The predicted octanol–water partition coefficient (Wildman–Crippen LogP) is 5.65. The third kappa shape index (κ3) is 14.2. The Morgan fingerprint density at radius 2 is 0.929 bits per heavy atom. The van der Waals surface area contributed by atoms with Crippen molar-refractivity contribution < 1.29 is 0 Å². The van der Waals surface area contributed by atoms with E-state index in [-0.39, 0.29) is 7.43 Å². The Kier molecular flexibility index (Phi) is 10.9. The lowest BCUT2D eigenvalue weighted by molar-refractivity contribution is 0.438. The quantitative estimate of drug-likeness (QED) is 0.349. The summed E-state index contributed by atoms with van der Waals surface area (Å²) in [6.45, 7) is 19.5. The highest BCUT2D eigenvalue weighted by molar-refractivity contribution is 5.02. The molecule has 0 aliphatic heterocycles. The molecule has 0 aliphatic rings. The molecule has 0 fully saturated rings. The van der Waals surface area contributed by atoms with Crippen LogP contribution in [0.3, 0.4) is 0 Å². The number of rotatable bonds is 0. The monoisotopic (exact) mass is 199 g/mol. The maximum absolute atomic E-state index is 2.22. The summed E-state index contributed by atoms with van der Waals surface area (Å²) in [6, 6.07) is 0. The van der Waals surface area contributed by atoms with Crippen LogP contribution in [0, 0.1) is 11.3 Å². The number of allylic oxidation sites excluding steroid dienone is 2. The molecule has 0 rings (SSSR count). The second kappa shape index (κ2) is 7.96. The molecule has 0 atom stereocenters. The highest BCUT2D eigenvalue weighted by Gasteiger charge is 2.25. The van der Waals surface area contributed by atoms with Crippen molar-refractivity contribution >= 4 is 0 Å². The van der Waals surface area contributed by atoms with Crippen LogP contribution in [0.4, 0.5) is 0 Å². The average Bonchev–Trinajstić information content (AvgIpc) is 1.86.